The number of piperidine rings is 1. The Labute approximate surface area is 167 Å². The van der Waals surface area contributed by atoms with Gasteiger partial charge in [-0.15, -0.1) is 0 Å². The largest absolute Gasteiger partial charge is 0.491 e. The van der Waals surface area contributed by atoms with Gasteiger partial charge >= 0.3 is 0 Å². The van der Waals surface area contributed by atoms with Crippen LogP contribution in [0.5, 0.6) is 5.75 Å². The fraction of sp³-hybridized carbons (Fsp3) is 0.682. The first-order valence-corrected chi connectivity index (χ1v) is 10.7. The van der Waals surface area contributed by atoms with E-state index in [0.29, 0.717) is 19.8 Å². The van der Waals surface area contributed by atoms with Crippen molar-refractivity contribution in [3.8, 4) is 5.75 Å². The summed E-state index contributed by atoms with van der Waals surface area (Å²) in [5.41, 5.74) is 1.23. The van der Waals surface area contributed by atoms with Crippen molar-refractivity contribution in [2.45, 2.75) is 50.8 Å². The number of likely N-dealkylation sites (tertiary alicyclic amines) is 1. The van der Waals surface area contributed by atoms with Gasteiger partial charge in [0, 0.05) is 26.2 Å². The summed E-state index contributed by atoms with van der Waals surface area (Å²) in [4.78, 5) is 17.3. The van der Waals surface area contributed by atoms with Gasteiger partial charge in [0.05, 0.1) is 25.4 Å². The van der Waals surface area contributed by atoms with Crippen LogP contribution in [0.15, 0.2) is 24.3 Å². The molecule has 3 aliphatic heterocycles. The van der Waals surface area contributed by atoms with Gasteiger partial charge in [0.1, 0.15) is 12.4 Å². The van der Waals surface area contributed by atoms with Gasteiger partial charge in [0.15, 0.2) is 0 Å². The van der Waals surface area contributed by atoms with Crippen molar-refractivity contribution in [2.75, 3.05) is 46.1 Å². The van der Waals surface area contributed by atoms with Gasteiger partial charge in [0.25, 0.3) is 0 Å². The second kappa shape index (κ2) is 9.72. The Bertz CT molecular complexity index is 624. The van der Waals surface area contributed by atoms with Crippen LogP contribution in [0.1, 0.15) is 37.7 Å². The molecule has 28 heavy (non-hydrogen) atoms. The molecule has 3 fully saturated rings. The standard InChI is InChI=1S/C22H32N2O4/c25-22(23-11-14-26-15-12-23)21-5-1-2-10-24(21)16-18-6-8-19(9-7-18)28-17-20-4-3-13-27-20/h6-9,20-21H,1-5,10-17H2/t20-,21+/m1/s1. The van der Waals surface area contributed by atoms with Gasteiger partial charge in [-0.1, -0.05) is 18.6 Å². The summed E-state index contributed by atoms with van der Waals surface area (Å²) < 4.78 is 16.9. The van der Waals surface area contributed by atoms with Crippen LogP contribution in [0.2, 0.25) is 0 Å². The number of hydrogen-bond donors (Lipinski definition) is 0. The van der Waals surface area contributed by atoms with Crippen LogP contribution in [-0.2, 0) is 20.8 Å². The van der Waals surface area contributed by atoms with Crippen molar-refractivity contribution in [1.29, 1.82) is 0 Å². The Morgan fingerprint density at radius 2 is 1.82 bits per heavy atom. The molecule has 0 unspecified atom stereocenters. The summed E-state index contributed by atoms with van der Waals surface area (Å²) in [6.07, 6.45) is 5.71. The van der Waals surface area contributed by atoms with Gasteiger partial charge in [-0.05, 0) is 49.9 Å². The minimum atomic E-state index is 0.00212. The first-order valence-electron chi connectivity index (χ1n) is 10.7. The molecule has 2 atom stereocenters. The minimum absolute atomic E-state index is 0.00212. The SMILES string of the molecule is O=C([C@@H]1CCCCN1Cc1ccc(OC[C@H]2CCCO2)cc1)N1CCOCC1. The molecule has 1 aromatic rings. The van der Waals surface area contributed by atoms with Crippen molar-refractivity contribution in [3.05, 3.63) is 29.8 Å². The Morgan fingerprint density at radius 3 is 2.57 bits per heavy atom. The summed E-state index contributed by atoms with van der Waals surface area (Å²) in [6, 6.07) is 8.31. The Kier molecular flexibility index (Phi) is 6.83. The van der Waals surface area contributed by atoms with E-state index in [1.807, 2.05) is 17.0 Å². The second-order valence-electron chi connectivity index (χ2n) is 8.01. The zero-order valence-electron chi connectivity index (χ0n) is 16.7. The Morgan fingerprint density at radius 1 is 1.00 bits per heavy atom. The maximum absolute atomic E-state index is 13.0. The summed E-state index contributed by atoms with van der Waals surface area (Å²) in [5.74, 6) is 1.17. The van der Waals surface area contributed by atoms with E-state index < -0.39 is 0 Å². The predicted molar refractivity (Wildman–Crippen MR) is 106 cm³/mol. The van der Waals surface area contributed by atoms with Crippen LogP contribution < -0.4 is 4.74 Å². The van der Waals surface area contributed by atoms with E-state index in [0.717, 1.165) is 70.6 Å². The number of morpholine rings is 1. The van der Waals surface area contributed by atoms with E-state index in [1.54, 1.807) is 0 Å². The molecule has 6 nitrogen and oxygen atoms in total. The second-order valence-corrected chi connectivity index (χ2v) is 8.01. The first-order chi connectivity index (χ1) is 13.8. The van der Waals surface area contributed by atoms with E-state index in [2.05, 4.69) is 17.0 Å². The van der Waals surface area contributed by atoms with Crippen molar-refractivity contribution in [1.82, 2.24) is 9.80 Å². The molecule has 3 aliphatic rings. The summed E-state index contributed by atoms with van der Waals surface area (Å²) in [7, 11) is 0. The normalized spacial score (nSPS) is 26.4. The van der Waals surface area contributed by atoms with E-state index in [1.165, 1.54) is 5.56 Å². The summed E-state index contributed by atoms with van der Waals surface area (Å²) in [6.45, 7) is 6.04. The van der Waals surface area contributed by atoms with Crippen LogP contribution >= 0.6 is 0 Å². The van der Waals surface area contributed by atoms with Gasteiger partial charge in [-0.2, -0.15) is 0 Å². The molecular formula is C22H32N2O4. The number of ether oxygens (including phenoxy) is 3. The minimum Gasteiger partial charge on any atom is -0.491 e. The molecule has 1 aromatic carbocycles. The smallest absolute Gasteiger partial charge is 0.240 e. The highest BCUT2D eigenvalue weighted by atomic mass is 16.5. The number of carbonyl (C=O) groups is 1. The molecule has 154 valence electrons. The van der Waals surface area contributed by atoms with Gasteiger partial charge < -0.3 is 19.1 Å². The lowest BCUT2D eigenvalue weighted by molar-refractivity contribution is -0.142. The first kappa shape index (κ1) is 19.7. The van der Waals surface area contributed by atoms with Crippen LogP contribution in [0.4, 0.5) is 0 Å². The maximum atomic E-state index is 13.0. The number of carbonyl (C=O) groups excluding carboxylic acids is 1. The van der Waals surface area contributed by atoms with Gasteiger partial charge in [-0.3, -0.25) is 9.69 Å². The molecule has 3 heterocycles. The number of rotatable bonds is 6. The molecular weight excluding hydrogens is 356 g/mol. The van der Waals surface area contributed by atoms with Crippen molar-refractivity contribution >= 4 is 5.91 Å². The molecule has 0 spiro atoms. The summed E-state index contributed by atoms with van der Waals surface area (Å²) in [5, 5.41) is 0. The predicted octanol–water partition coefficient (Wildman–Crippen LogP) is 2.46. The van der Waals surface area contributed by atoms with E-state index >= 15 is 0 Å². The van der Waals surface area contributed by atoms with Crippen LogP contribution in [-0.4, -0.2) is 73.9 Å². The average Bonchev–Trinajstić information content (AvgIpc) is 3.27. The third kappa shape index (κ3) is 5.04. The molecule has 0 bridgehead atoms. The van der Waals surface area contributed by atoms with Crippen LogP contribution in [0, 0.1) is 0 Å². The fourth-order valence-corrected chi connectivity index (χ4v) is 4.34. The fourth-order valence-electron chi connectivity index (χ4n) is 4.34. The zero-order valence-corrected chi connectivity index (χ0v) is 16.7. The number of benzene rings is 1. The lowest BCUT2D eigenvalue weighted by atomic mass is 9.99. The van der Waals surface area contributed by atoms with E-state index in [9.17, 15) is 4.79 Å². The summed E-state index contributed by atoms with van der Waals surface area (Å²) >= 11 is 0. The number of hydrogen-bond acceptors (Lipinski definition) is 5. The molecule has 6 heteroatoms. The lowest BCUT2D eigenvalue weighted by Gasteiger charge is -2.38. The third-order valence-electron chi connectivity index (χ3n) is 5.99. The monoisotopic (exact) mass is 388 g/mol. The Hall–Kier alpha value is -1.63. The molecule has 0 saturated carbocycles. The molecule has 0 radical (unpaired) electrons. The Balaban J connectivity index is 1.32. The molecule has 0 aromatic heterocycles. The lowest BCUT2D eigenvalue weighted by Crippen LogP contribution is -2.53. The van der Waals surface area contributed by atoms with E-state index in [-0.39, 0.29) is 18.1 Å². The highest BCUT2D eigenvalue weighted by molar-refractivity contribution is 5.82. The third-order valence-corrected chi connectivity index (χ3v) is 5.99. The van der Waals surface area contributed by atoms with Gasteiger partial charge in [-0.25, -0.2) is 0 Å². The van der Waals surface area contributed by atoms with Crippen molar-refractivity contribution in [3.63, 3.8) is 0 Å². The molecule has 0 N–H and O–H groups in total. The number of nitrogens with zero attached hydrogens (tertiary/aromatic N) is 2. The highest BCUT2D eigenvalue weighted by Gasteiger charge is 2.32. The van der Waals surface area contributed by atoms with Crippen LogP contribution in [0.3, 0.4) is 0 Å². The average molecular weight is 389 g/mol. The molecule has 4 rings (SSSR count). The topological polar surface area (TPSA) is 51.2 Å². The number of amides is 1. The highest BCUT2D eigenvalue weighted by Crippen LogP contribution is 2.23. The molecule has 0 aliphatic carbocycles. The quantitative estimate of drug-likeness (QED) is 0.749. The van der Waals surface area contributed by atoms with Gasteiger partial charge in [0.2, 0.25) is 5.91 Å². The van der Waals surface area contributed by atoms with E-state index in [4.69, 9.17) is 14.2 Å². The van der Waals surface area contributed by atoms with Crippen LogP contribution in [0.25, 0.3) is 0 Å². The molecule has 3 saturated heterocycles. The molecule has 1 amide bonds. The van der Waals surface area contributed by atoms with Crippen molar-refractivity contribution < 1.29 is 19.0 Å². The van der Waals surface area contributed by atoms with Crippen molar-refractivity contribution in [2.24, 2.45) is 0 Å². The maximum Gasteiger partial charge on any atom is 0.240 e. The zero-order chi connectivity index (χ0) is 19.2.